The van der Waals surface area contributed by atoms with Crippen molar-refractivity contribution in [3.05, 3.63) is 24.0 Å². The highest BCUT2D eigenvalue weighted by Gasteiger charge is 2.43. The van der Waals surface area contributed by atoms with E-state index in [2.05, 4.69) is 11.4 Å². The third kappa shape index (κ3) is 3.24. The lowest BCUT2D eigenvalue weighted by Crippen LogP contribution is -2.51. The van der Waals surface area contributed by atoms with E-state index in [4.69, 9.17) is 4.74 Å². The van der Waals surface area contributed by atoms with Crippen LogP contribution in [0, 0.1) is 23.1 Å². The fourth-order valence-electron chi connectivity index (χ4n) is 3.04. The Morgan fingerprint density at radius 2 is 2.30 bits per heavy atom. The number of nitrogens with zero attached hydrogens (tertiary/aromatic N) is 2. The molecule has 6 heteroatoms. The van der Waals surface area contributed by atoms with E-state index in [1.165, 1.54) is 12.1 Å². The van der Waals surface area contributed by atoms with Gasteiger partial charge in [-0.3, -0.25) is 4.79 Å². The van der Waals surface area contributed by atoms with Crippen molar-refractivity contribution in [2.45, 2.75) is 38.3 Å². The highest BCUT2D eigenvalue weighted by Crippen LogP contribution is 2.39. The fourth-order valence-corrected chi connectivity index (χ4v) is 3.04. The molecule has 1 aliphatic carbocycles. The molecule has 1 aliphatic heterocycles. The van der Waals surface area contributed by atoms with Crippen molar-refractivity contribution < 1.29 is 13.9 Å². The summed E-state index contributed by atoms with van der Waals surface area (Å²) in [6, 6.07) is 6.53. The molecule has 2 aliphatic rings. The van der Waals surface area contributed by atoms with Crippen molar-refractivity contribution in [3.63, 3.8) is 0 Å². The Morgan fingerprint density at radius 3 is 2.96 bits per heavy atom. The van der Waals surface area contributed by atoms with Gasteiger partial charge in [0, 0.05) is 6.07 Å². The maximum absolute atomic E-state index is 13.4. The SMILES string of the molecule is C[C@@H]1CN(CC(=O)N[C@](C)(C#N)C2CC2)c2ccc(F)cc2O1. The van der Waals surface area contributed by atoms with E-state index in [0.717, 1.165) is 12.8 Å². The summed E-state index contributed by atoms with van der Waals surface area (Å²) in [5.74, 6) is 0.113. The van der Waals surface area contributed by atoms with Crippen LogP contribution in [0.3, 0.4) is 0 Å². The van der Waals surface area contributed by atoms with Crippen molar-refractivity contribution in [1.29, 1.82) is 5.26 Å². The summed E-state index contributed by atoms with van der Waals surface area (Å²) in [4.78, 5) is 14.2. The highest BCUT2D eigenvalue weighted by molar-refractivity contribution is 5.83. The second-order valence-corrected chi connectivity index (χ2v) is 6.56. The number of anilines is 1. The molecule has 122 valence electrons. The van der Waals surface area contributed by atoms with Crippen molar-refractivity contribution in [1.82, 2.24) is 5.32 Å². The molecule has 1 aromatic carbocycles. The average molecular weight is 317 g/mol. The second kappa shape index (κ2) is 5.73. The molecule has 1 saturated carbocycles. The van der Waals surface area contributed by atoms with E-state index < -0.39 is 5.54 Å². The van der Waals surface area contributed by atoms with Gasteiger partial charge in [-0.15, -0.1) is 0 Å². The Balaban J connectivity index is 1.73. The first-order valence-electron chi connectivity index (χ1n) is 7.84. The second-order valence-electron chi connectivity index (χ2n) is 6.56. The monoisotopic (exact) mass is 317 g/mol. The normalized spacial score (nSPS) is 22.3. The number of carbonyl (C=O) groups excluding carboxylic acids is 1. The summed E-state index contributed by atoms with van der Waals surface area (Å²) in [5, 5.41) is 12.2. The number of ether oxygens (including phenoxy) is 1. The molecular formula is C17H20FN3O2. The summed E-state index contributed by atoms with van der Waals surface area (Å²) in [6.07, 6.45) is 1.81. The molecule has 2 atom stereocenters. The molecule has 0 bridgehead atoms. The number of carbonyl (C=O) groups is 1. The minimum Gasteiger partial charge on any atom is -0.487 e. The number of hydrogen-bond donors (Lipinski definition) is 1. The molecule has 0 saturated heterocycles. The molecule has 0 radical (unpaired) electrons. The summed E-state index contributed by atoms with van der Waals surface area (Å²) >= 11 is 0. The van der Waals surface area contributed by atoms with E-state index in [0.29, 0.717) is 18.0 Å². The third-order valence-corrected chi connectivity index (χ3v) is 4.43. The molecule has 23 heavy (non-hydrogen) atoms. The maximum atomic E-state index is 13.4. The summed E-state index contributed by atoms with van der Waals surface area (Å²) in [5.41, 5.74) is -0.106. The first kappa shape index (κ1) is 15.6. The summed E-state index contributed by atoms with van der Waals surface area (Å²) < 4.78 is 19.0. The number of nitriles is 1. The zero-order valence-electron chi connectivity index (χ0n) is 13.3. The molecule has 1 aromatic rings. The van der Waals surface area contributed by atoms with Crippen LogP contribution in [0.25, 0.3) is 0 Å². The van der Waals surface area contributed by atoms with E-state index in [1.807, 2.05) is 11.8 Å². The Labute approximate surface area is 135 Å². The van der Waals surface area contributed by atoms with Gasteiger partial charge in [-0.1, -0.05) is 0 Å². The number of fused-ring (bicyclic) bond motifs is 1. The van der Waals surface area contributed by atoms with Crippen LogP contribution in [0.1, 0.15) is 26.7 Å². The van der Waals surface area contributed by atoms with Crippen LogP contribution >= 0.6 is 0 Å². The molecule has 5 nitrogen and oxygen atoms in total. The lowest BCUT2D eigenvalue weighted by atomic mass is 9.98. The Morgan fingerprint density at radius 1 is 1.57 bits per heavy atom. The zero-order valence-corrected chi connectivity index (χ0v) is 13.3. The standard InChI is InChI=1S/C17H20FN3O2/c1-11-8-21(14-6-5-13(18)7-15(14)23-11)9-16(22)20-17(2,10-19)12-3-4-12/h5-7,11-12H,3-4,8-9H2,1-2H3,(H,20,22)/t11-,17-/m1/s1. The van der Waals surface area contributed by atoms with Gasteiger partial charge in [-0.2, -0.15) is 5.26 Å². The average Bonchev–Trinajstić information content (AvgIpc) is 3.31. The number of amides is 1. The van der Waals surface area contributed by atoms with Gasteiger partial charge >= 0.3 is 0 Å². The Kier molecular flexibility index (Phi) is 3.88. The van der Waals surface area contributed by atoms with Crippen LogP contribution in [0.2, 0.25) is 0 Å². The van der Waals surface area contributed by atoms with Crippen molar-refractivity contribution in [2.75, 3.05) is 18.0 Å². The van der Waals surface area contributed by atoms with Gasteiger partial charge in [0.25, 0.3) is 0 Å². The first-order chi connectivity index (χ1) is 10.9. The first-order valence-corrected chi connectivity index (χ1v) is 7.84. The number of hydrogen-bond acceptors (Lipinski definition) is 4. The topological polar surface area (TPSA) is 65.4 Å². The minimum atomic E-state index is -0.805. The van der Waals surface area contributed by atoms with E-state index in [9.17, 15) is 14.4 Å². The highest BCUT2D eigenvalue weighted by atomic mass is 19.1. The van der Waals surface area contributed by atoms with Crippen LogP contribution in [0.4, 0.5) is 10.1 Å². The van der Waals surface area contributed by atoms with E-state index in [-0.39, 0.29) is 30.3 Å². The quantitative estimate of drug-likeness (QED) is 0.925. The predicted molar refractivity (Wildman–Crippen MR) is 83.6 cm³/mol. The molecule has 3 rings (SSSR count). The van der Waals surface area contributed by atoms with Crippen molar-refractivity contribution in [3.8, 4) is 11.8 Å². The number of nitrogens with one attached hydrogen (secondary N) is 1. The van der Waals surface area contributed by atoms with Crippen LogP contribution in [0.5, 0.6) is 5.75 Å². The van der Waals surface area contributed by atoms with E-state index in [1.54, 1.807) is 13.0 Å². The van der Waals surface area contributed by atoms with Gasteiger partial charge < -0.3 is 15.0 Å². The third-order valence-electron chi connectivity index (χ3n) is 4.43. The summed E-state index contributed by atoms with van der Waals surface area (Å²) in [6.45, 7) is 4.31. The van der Waals surface area contributed by atoms with Gasteiger partial charge in [0.2, 0.25) is 5.91 Å². The number of rotatable bonds is 4. The van der Waals surface area contributed by atoms with Crippen LogP contribution in [-0.2, 0) is 4.79 Å². The number of benzene rings is 1. The zero-order chi connectivity index (χ0) is 16.6. The molecule has 1 amide bonds. The predicted octanol–water partition coefficient (Wildman–Crippen LogP) is 2.22. The number of halogens is 1. The Hall–Kier alpha value is -2.29. The molecule has 0 unspecified atom stereocenters. The molecule has 1 heterocycles. The van der Waals surface area contributed by atoms with Gasteiger partial charge in [0.05, 0.1) is 24.8 Å². The lowest BCUT2D eigenvalue weighted by Gasteiger charge is -2.35. The molecule has 1 fully saturated rings. The minimum absolute atomic E-state index is 0.121. The summed E-state index contributed by atoms with van der Waals surface area (Å²) in [7, 11) is 0. The molecule has 1 N–H and O–H groups in total. The van der Waals surface area contributed by atoms with Gasteiger partial charge in [-0.25, -0.2) is 4.39 Å². The largest absolute Gasteiger partial charge is 0.487 e. The maximum Gasteiger partial charge on any atom is 0.240 e. The lowest BCUT2D eigenvalue weighted by molar-refractivity contribution is -0.121. The molecule has 0 spiro atoms. The van der Waals surface area contributed by atoms with Crippen molar-refractivity contribution >= 4 is 11.6 Å². The fraction of sp³-hybridized carbons (Fsp3) is 0.529. The molecular weight excluding hydrogens is 297 g/mol. The molecule has 0 aromatic heterocycles. The van der Waals surface area contributed by atoms with Crippen LogP contribution in [0.15, 0.2) is 18.2 Å². The van der Waals surface area contributed by atoms with Gasteiger partial charge in [-0.05, 0) is 44.7 Å². The van der Waals surface area contributed by atoms with Crippen molar-refractivity contribution in [2.24, 2.45) is 5.92 Å². The van der Waals surface area contributed by atoms with Crippen LogP contribution in [-0.4, -0.2) is 30.6 Å². The van der Waals surface area contributed by atoms with Crippen LogP contribution < -0.4 is 15.0 Å². The Bertz CT molecular complexity index is 668. The van der Waals surface area contributed by atoms with E-state index >= 15 is 0 Å². The van der Waals surface area contributed by atoms with Gasteiger partial charge in [0.1, 0.15) is 23.2 Å². The van der Waals surface area contributed by atoms with Gasteiger partial charge in [0.15, 0.2) is 0 Å². The smallest absolute Gasteiger partial charge is 0.240 e.